The number of carbonyl (C=O) groups excluding carboxylic acids is 1. The zero-order chi connectivity index (χ0) is 18.4. The standard InChI is InChI=1S/C18H25ClN2O4/c1-13(25-16-8-4-3-7-15(16)19)18(24)21-10-5-6-14(9-11-21)20(2)12-17(22)23/h3-4,7-8,13-14H,5-6,9-12H2,1-2H3,(H,22,23). The van der Waals surface area contributed by atoms with Crippen molar-refractivity contribution in [1.82, 2.24) is 9.80 Å². The molecule has 1 aromatic rings. The number of hydrogen-bond donors (Lipinski definition) is 1. The normalized spacial score (nSPS) is 19.4. The van der Waals surface area contributed by atoms with Gasteiger partial charge < -0.3 is 14.7 Å². The van der Waals surface area contributed by atoms with Gasteiger partial charge in [0.05, 0.1) is 11.6 Å². The molecule has 0 aromatic heterocycles. The average Bonchev–Trinajstić information content (AvgIpc) is 2.81. The van der Waals surface area contributed by atoms with Crippen molar-refractivity contribution >= 4 is 23.5 Å². The molecule has 25 heavy (non-hydrogen) atoms. The molecule has 1 heterocycles. The lowest BCUT2D eigenvalue weighted by atomic mass is 10.1. The third-order valence-electron chi connectivity index (χ3n) is 4.51. The van der Waals surface area contributed by atoms with Crippen LogP contribution in [0, 0.1) is 0 Å². The summed E-state index contributed by atoms with van der Waals surface area (Å²) in [6, 6.07) is 7.26. The summed E-state index contributed by atoms with van der Waals surface area (Å²) in [6.07, 6.45) is 1.87. The third-order valence-corrected chi connectivity index (χ3v) is 4.82. The Morgan fingerprint density at radius 3 is 2.76 bits per heavy atom. The number of aliphatic carboxylic acids is 1. The van der Waals surface area contributed by atoms with Crippen molar-refractivity contribution in [3.05, 3.63) is 29.3 Å². The maximum absolute atomic E-state index is 12.7. The van der Waals surface area contributed by atoms with E-state index in [4.69, 9.17) is 21.4 Å². The zero-order valence-corrected chi connectivity index (χ0v) is 15.4. The Kier molecular flexibility index (Phi) is 7.08. The maximum atomic E-state index is 12.7. The molecular weight excluding hydrogens is 344 g/mol. The molecule has 1 saturated heterocycles. The molecule has 1 aromatic carbocycles. The molecule has 1 aliphatic heterocycles. The molecule has 0 saturated carbocycles. The third kappa shape index (κ3) is 5.61. The molecule has 1 amide bonds. The van der Waals surface area contributed by atoms with Crippen molar-refractivity contribution in [3.63, 3.8) is 0 Å². The second-order valence-corrected chi connectivity index (χ2v) is 6.82. The Hall–Kier alpha value is -1.79. The van der Waals surface area contributed by atoms with E-state index < -0.39 is 12.1 Å². The quantitative estimate of drug-likeness (QED) is 0.835. The number of rotatable bonds is 6. The second-order valence-electron chi connectivity index (χ2n) is 6.41. The minimum Gasteiger partial charge on any atom is -0.480 e. The molecule has 1 fully saturated rings. The molecule has 1 N–H and O–H groups in total. The Labute approximate surface area is 153 Å². The van der Waals surface area contributed by atoms with Crippen LogP contribution in [-0.4, -0.2) is 65.6 Å². The Balaban J connectivity index is 1.91. The lowest BCUT2D eigenvalue weighted by molar-refractivity contribution is -0.139. The first kappa shape index (κ1) is 19.5. The van der Waals surface area contributed by atoms with Gasteiger partial charge in [0.25, 0.3) is 5.91 Å². The Morgan fingerprint density at radius 1 is 1.36 bits per heavy atom. The maximum Gasteiger partial charge on any atom is 0.317 e. The van der Waals surface area contributed by atoms with Gasteiger partial charge in [0.1, 0.15) is 5.75 Å². The van der Waals surface area contributed by atoms with E-state index in [1.165, 1.54) is 0 Å². The van der Waals surface area contributed by atoms with Gasteiger partial charge in [-0.15, -0.1) is 0 Å². The van der Waals surface area contributed by atoms with Gasteiger partial charge >= 0.3 is 5.97 Å². The number of hydrogen-bond acceptors (Lipinski definition) is 4. The first-order valence-corrected chi connectivity index (χ1v) is 8.88. The summed E-state index contributed by atoms with van der Waals surface area (Å²) < 4.78 is 5.72. The van der Waals surface area contributed by atoms with E-state index >= 15 is 0 Å². The summed E-state index contributed by atoms with van der Waals surface area (Å²) in [5.41, 5.74) is 0. The Bertz CT molecular complexity index is 610. The van der Waals surface area contributed by atoms with Gasteiger partial charge in [0, 0.05) is 19.1 Å². The Morgan fingerprint density at radius 2 is 2.08 bits per heavy atom. The number of carboxylic acids is 1. The van der Waals surface area contributed by atoms with Crippen LogP contribution in [0.5, 0.6) is 5.75 Å². The first-order valence-electron chi connectivity index (χ1n) is 8.50. The average molecular weight is 369 g/mol. The fourth-order valence-electron chi connectivity index (χ4n) is 3.12. The monoisotopic (exact) mass is 368 g/mol. The van der Waals surface area contributed by atoms with Gasteiger partial charge in [-0.05, 0) is 45.4 Å². The van der Waals surface area contributed by atoms with E-state index in [1.54, 1.807) is 24.0 Å². The van der Waals surface area contributed by atoms with E-state index in [0.717, 1.165) is 19.3 Å². The van der Waals surface area contributed by atoms with Crippen molar-refractivity contribution in [2.75, 3.05) is 26.7 Å². The molecule has 2 atom stereocenters. The molecule has 138 valence electrons. The molecular formula is C18H25ClN2O4. The molecule has 2 rings (SSSR count). The number of halogens is 1. The van der Waals surface area contributed by atoms with Crippen molar-refractivity contribution < 1.29 is 19.4 Å². The lowest BCUT2D eigenvalue weighted by Crippen LogP contribution is -2.42. The fraction of sp³-hybridized carbons (Fsp3) is 0.556. The van der Waals surface area contributed by atoms with Crippen molar-refractivity contribution in [1.29, 1.82) is 0 Å². The van der Waals surface area contributed by atoms with Crippen LogP contribution in [0.2, 0.25) is 5.02 Å². The molecule has 6 nitrogen and oxygen atoms in total. The van der Waals surface area contributed by atoms with Crippen molar-refractivity contribution in [3.8, 4) is 5.75 Å². The fourth-order valence-corrected chi connectivity index (χ4v) is 3.30. The second kappa shape index (κ2) is 9.06. The van der Waals surface area contributed by atoms with Crippen LogP contribution in [0.25, 0.3) is 0 Å². The highest BCUT2D eigenvalue weighted by Crippen LogP contribution is 2.25. The summed E-state index contributed by atoms with van der Waals surface area (Å²) in [5, 5.41) is 9.41. The molecule has 0 bridgehead atoms. The number of nitrogens with zero attached hydrogens (tertiary/aromatic N) is 2. The molecule has 7 heteroatoms. The van der Waals surface area contributed by atoms with E-state index in [1.807, 2.05) is 24.1 Å². The topological polar surface area (TPSA) is 70.1 Å². The van der Waals surface area contributed by atoms with Crippen molar-refractivity contribution in [2.45, 2.75) is 38.3 Å². The first-order chi connectivity index (χ1) is 11.9. The van der Waals surface area contributed by atoms with Gasteiger partial charge in [-0.3, -0.25) is 14.5 Å². The van der Waals surface area contributed by atoms with Crippen LogP contribution in [0.15, 0.2) is 24.3 Å². The van der Waals surface area contributed by atoms with Crippen LogP contribution < -0.4 is 4.74 Å². The minimum absolute atomic E-state index is 0.0185. The van der Waals surface area contributed by atoms with E-state index in [0.29, 0.717) is 23.9 Å². The summed E-state index contributed by atoms with van der Waals surface area (Å²) in [4.78, 5) is 27.2. The highest BCUT2D eigenvalue weighted by atomic mass is 35.5. The van der Waals surface area contributed by atoms with Gasteiger partial charge in [0.2, 0.25) is 0 Å². The number of benzene rings is 1. The van der Waals surface area contributed by atoms with E-state index in [9.17, 15) is 9.59 Å². The molecule has 0 spiro atoms. The van der Waals surface area contributed by atoms with E-state index in [2.05, 4.69) is 0 Å². The number of amides is 1. The highest BCUT2D eigenvalue weighted by Gasteiger charge is 2.27. The number of carboxylic acid groups (broad SMARTS) is 1. The van der Waals surface area contributed by atoms with Gasteiger partial charge in [-0.2, -0.15) is 0 Å². The highest BCUT2D eigenvalue weighted by molar-refractivity contribution is 6.32. The van der Waals surface area contributed by atoms with Crippen LogP contribution in [0.4, 0.5) is 0 Å². The number of para-hydroxylation sites is 1. The van der Waals surface area contributed by atoms with Crippen LogP contribution in [-0.2, 0) is 9.59 Å². The van der Waals surface area contributed by atoms with Gasteiger partial charge in [0.15, 0.2) is 6.10 Å². The van der Waals surface area contributed by atoms with Crippen LogP contribution in [0.3, 0.4) is 0 Å². The van der Waals surface area contributed by atoms with Crippen molar-refractivity contribution in [2.24, 2.45) is 0 Å². The molecule has 1 aliphatic rings. The smallest absolute Gasteiger partial charge is 0.317 e. The summed E-state index contributed by atoms with van der Waals surface area (Å²) in [6.45, 7) is 3.01. The number of ether oxygens (including phenoxy) is 1. The number of likely N-dealkylation sites (tertiary alicyclic amines) is 1. The van der Waals surface area contributed by atoms with E-state index in [-0.39, 0.29) is 18.5 Å². The molecule has 0 aliphatic carbocycles. The summed E-state index contributed by atoms with van der Waals surface area (Å²) in [7, 11) is 1.82. The number of likely N-dealkylation sites (N-methyl/N-ethyl adjacent to an activating group) is 1. The largest absolute Gasteiger partial charge is 0.480 e. The molecule has 0 radical (unpaired) electrons. The predicted octanol–water partition coefficient (Wildman–Crippen LogP) is 2.50. The van der Waals surface area contributed by atoms with Gasteiger partial charge in [-0.1, -0.05) is 23.7 Å². The summed E-state index contributed by atoms with van der Waals surface area (Å²) >= 11 is 6.08. The van der Waals surface area contributed by atoms with Crippen LogP contribution in [0.1, 0.15) is 26.2 Å². The van der Waals surface area contributed by atoms with Crippen LogP contribution >= 0.6 is 11.6 Å². The zero-order valence-electron chi connectivity index (χ0n) is 14.7. The lowest BCUT2D eigenvalue weighted by Gasteiger charge is -2.27. The predicted molar refractivity (Wildman–Crippen MR) is 96.0 cm³/mol. The van der Waals surface area contributed by atoms with Gasteiger partial charge in [-0.25, -0.2) is 0 Å². The minimum atomic E-state index is -0.832. The molecule has 2 unspecified atom stereocenters. The summed E-state index contributed by atoms with van der Waals surface area (Å²) in [5.74, 6) is -0.401. The number of carbonyl (C=O) groups is 2. The SMILES string of the molecule is CC(Oc1ccccc1Cl)C(=O)N1CCCC(N(C)CC(=O)O)CC1.